The Labute approximate surface area is 106 Å². The first-order chi connectivity index (χ1) is 9.02. The van der Waals surface area contributed by atoms with E-state index in [2.05, 4.69) is 4.98 Å². The van der Waals surface area contributed by atoms with E-state index in [9.17, 15) is 13.6 Å². The Balaban J connectivity index is 2.44. The maximum absolute atomic E-state index is 12.6. The minimum absolute atomic E-state index is 0.171. The van der Waals surface area contributed by atoms with Crippen molar-refractivity contribution >= 4 is 5.97 Å². The standard InChI is InChI=1S/C12H9F2NO4/c1-18-7-4-2-6(3-5-7)11-15-8(10(13)14)9(19-11)12(16)17/h2-5,10H,1H3,(H,16,17). The number of ether oxygens (including phenoxy) is 1. The normalized spacial score (nSPS) is 10.7. The number of halogens is 2. The van der Waals surface area contributed by atoms with Crippen molar-refractivity contribution in [2.24, 2.45) is 0 Å². The number of aromatic carboxylic acids is 1. The van der Waals surface area contributed by atoms with Gasteiger partial charge in [-0.05, 0) is 24.3 Å². The summed E-state index contributed by atoms with van der Waals surface area (Å²) in [6.45, 7) is 0. The lowest BCUT2D eigenvalue weighted by molar-refractivity contribution is 0.0647. The zero-order valence-corrected chi connectivity index (χ0v) is 9.76. The van der Waals surface area contributed by atoms with E-state index >= 15 is 0 Å². The number of rotatable bonds is 4. The number of benzene rings is 1. The molecule has 5 nitrogen and oxygen atoms in total. The molecule has 0 bridgehead atoms. The molecule has 0 radical (unpaired) electrons. The molecule has 0 atom stereocenters. The van der Waals surface area contributed by atoms with E-state index in [1.54, 1.807) is 12.1 Å². The highest BCUT2D eigenvalue weighted by Crippen LogP contribution is 2.29. The summed E-state index contributed by atoms with van der Waals surface area (Å²) in [5, 5.41) is 8.77. The van der Waals surface area contributed by atoms with Gasteiger partial charge in [0.25, 0.3) is 6.43 Å². The molecule has 100 valence electrons. The number of carbonyl (C=O) groups is 1. The highest BCUT2D eigenvalue weighted by Gasteiger charge is 2.26. The van der Waals surface area contributed by atoms with Crippen LogP contribution in [0.1, 0.15) is 22.7 Å². The maximum atomic E-state index is 12.6. The Bertz CT molecular complexity index is 592. The third kappa shape index (κ3) is 2.54. The van der Waals surface area contributed by atoms with E-state index in [-0.39, 0.29) is 5.89 Å². The number of hydrogen-bond acceptors (Lipinski definition) is 4. The number of carboxylic acid groups (broad SMARTS) is 1. The first kappa shape index (κ1) is 13.0. The van der Waals surface area contributed by atoms with Crippen molar-refractivity contribution in [3.8, 4) is 17.2 Å². The summed E-state index contributed by atoms with van der Waals surface area (Å²) in [4.78, 5) is 14.3. The quantitative estimate of drug-likeness (QED) is 0.923. The second kappa shape index (κ2) is 5.05. The van der Waals surface area contributed by atoms with Gasteiger partial charge >= 0.3 is 5.97 Å². The zero-order chi connectivity index (χ0) is 14.0. The van der Waals surface area contributed by atoms with E-state index in [1.807, 2.05) is 0 Å². The number of hydrogen-bond donors (Lipinski definition) is 1. The summed E-state index contributed by atoms with van der Waals surface area (Å²) in [5.41, 5.74) is -0.492. The lowest BCUT2D eigenvalue weighted by atomic mass is 10.2. The van der Waals surface area contributed by atoms with Gasteiger partial charge in [0.1, 0.15) is 5.75 Å². The number of carboxylic acids is 1. The Kier molecular flexibility index (Phi) is 3.46. The fourth-order valence-corrected chi connectivity index (χ4v) is 1.49. The highest BCUT2D eigenvalue weighted by atomic mass is 19.3. The lowest BCUT2D eigenvalue weighted by Gasteiger charge is -1.99. The molecular formula is C12H9F2NO4. The maximum Gasteiger partial charge on any atom is 0.374 e. The number of methoxy groups -OCH3 is 1. The number of aromatic nitrogens is 1. The summed E-state index contributed by atoms with van der Waals surface area (Å²) in [6.07, 6.45) is -3.01. The topological polar surface area (TPSA) is 72.6 Å². The predicted octanol–water partition coefficient (Wildman–Crippen LogP) is 2.99. The van der Waals surface area contributed by atoms with Crippen LogP contribution in [0.5, 0.6) is 5.75 Å². The Hall–Kier alpha value is -2.44. The van der Waals surface area contributed by atoms with Crippen molar-refractivity contribution in [2.75, 3.05) is 7.11 Å². The Morgan fingerprint density at radius 1 is 1.37 bits per heavy atom. The fourth-order valence-electron chi connectivity index (χ4n) is 1.49. The molecule has 1 aromatic carbocycles. The summed E-state index contributed by atoms with van der Waals surface area (Å²) >= 11 is 0. The smallest absolute Gasteiger partial charge is 0.374 e. The van der Waals surface area contributed by atoms with Crippen LogP contribution in [0.15, 0.2) is 28.7 Å². The van der Waals surface area contributed by atoms with Gasteiger partial charge in [-0.25, -0.2) is 18.6 Å². The van der Waals surface area contributed by atoms with Crippen LogP contribution in [0.3, 0.4) is 0 Å². The van der Waals surface area contributed by atoms with Crippen molar-refractivity contribution in [1.82, 2.24) is 4.98 Å². The number of nitrogens with zero attached hydrogens (tertiary/aromatic N) is 1. The summed E-state index contributed by atoms with van der Waals surface area (Å²) in [5.74, 6) is -2.03. The number of alkyl halides is 2. The van der Waals surface area contributed by atoms with Crippen LogP contribution in [-0.2, 0) is 0 Å². The van der Waals surface area contributed by atoms with Crippen LogP contribution in [0, 0.1) is 0 Å². The lowest BCUT2D eigenvalue weighted by Crippen LogP contribution is -1.99. The van der Waals surface area contributed by atoms with Gasteiger partial charge in [-0.2, -0.15) is 0 Å². The Morgan fingerprint density at radius 2 is 2.00 bits per heavy atom. The molecule has 2 aromatic rings. The first-order valence-electron chi connectivity index (χ1n) is 5.19. The van der Waals surface area contributed by atoms with Gasteiger partial charge in [-0.3, -0.25) is 0 Å². The second-order valence-corrected chi connectivity index (χ2v) is 3.57. The highest BCUT2D eigenvalue weighted by molar-refractivity contribution is 5.86. The predicted molar refractivity (Wildman–Crippen MR) is 60.4 cm³/mol. The second-order valence-electron chi connectivity index (χ2n) is 3.57. The minimum atomic E-state index is -3.01. The van der Waals surface area contributed by atoms with Gasteiger partial charge in [-0.1, -0.05) is 0 Å². The molecule has 0 fully saturated rings. The fraction of sp³-hybridized carbons (Fsp3) is 0.167. The molecule has 0 saturated carbocycles. The van der Waals surface area contributed by atoms with Crippen molar-refractivity contribution in [3.05, 3.63) is 35.7 Å². The molecule has 0 spiro atoms. The molecule has 1 heterocycles. The van der Waals surface area contributed by atoms with Crippen molar-refractivity contribution in [3.63, 3.8) is 0 Å². The molecular weight excluding hydrogens is 260 g/mol. The largest absolute Gasteiger partial charge is 0.497 e. The third-order valence-corrected chi connectivity index (χ3v) is 2.39. The van der Waals surface area contributed by atoms with Crippen LogP contribution in [0.4, 0.5) is 8.78 Å². The molecule has 0 saturated heterocycles. The molecule has 2 rings (SSSR count). The van der Waals surface area contributed by atoms with Crippen LogP contribution in [0.25, 0.3) is 11.5 Å². The third-order valence-electron chi connectivity index (χ3n) is 2.39. The molecule has 1 N–H and O–H groups in total. The Morgan fingerprint density at radius 3 is 2.42 bits per heavy atom. The van der Waals surface area contributed by atoms with Crippen molar-refractivity contribution < 1.29 is 27.8 Å². The van der Waals surface area contributed by atoms with E-state index in [0.717, 1.165) is 0 Å². The SMILES string of the molecule is COc1ccc(-c2nc(C(F)F)c(C(=O)O)o2)cc1. The summed E-state index contributed by atoms with van der Waals surface area (Å²) < 4.78 is 35.1. The van der Waals surface area contributed by atoms with Gasteiger partial charge in [-0.15, -0.1) is 0 Å². The zero-order valence-electron chi connectivity index (χ0n) is 9.76. The molecule has 19 heavy (non-hydrogen) atoms. The van der Waals surface area contributed by atoms with Gasteiger partial charge in [0.2, 0.25) is 11.7 Å². The molecule has 0 aliphatic carbocycles. The molecule has 0 aliphatic rings. The summed E-state index contributed by atoms with van der Waals surface area (Å²) in [7, 11) is 1.48. The van der Waals surface area contributed by atoms with E-state index < -0.39 is 23.8 Å². The van der Waals surface area contributed by atoms with Gasteiger partial charge < -0.3 is 14.3 Å². The molecule has 0 amide bonds. The molecule has 7 heteroatoms. The van der Waals surface area contributed by atoms with E-state index in [0.29, 0.717) is 11.3 Å². The van der Waals surface area contributed by atoms with E-state index in [4.69, 9.17) is 14.3 Å². The monoisotopic (exact) mass is 269 g/mol. The molecule has 0 unspecified atom stereocenters. The molecule has 1 aromatic heterocycles. The van der Waals surface area contributed by atoms with Crippen molar-refractivity contribution in [1.29, 1.82) is 0 Å². The minimum Gasteiger partial charge on any atom is -0.497 e. The number of oxazole rings is 1. The molecule has 0 aliphatic heterocycles. The first-order valence-corrected chi connectivity index (χ1v) is 5.19. The van der Waals surface area contributed by atoms with Crippen molar-refractivity contribution in [2.45, 2.75) is 6.43 Å². The van der Waals surface area contributed by atoms with Crippen LogP contribution in [0.2, 0.25) is 0 Å². The average molecular weight is 269 g/mol. The van der Waals surface area contributed by atoms with Gasteiger partial charge in [0, 0.05) is 5.56 Å². The summed E-state index contributed by atoms with van der Waals surface area (Å²) in [6, 6.07) is 6.24. The van der Waals surface area contributed by atoms with Gasteiger partial charge in [0.15, 0.2) is 5.69 Å². The van der Waals surface area contributed by atoms with Gasteiger partial charge in [0.05, 0.1) is 7.11 Å². The van der Waals surface area contributed by atoms with E-state index in [1.165, 1.54) is 19.2 Å². The average Bonchev–Trinajstić information content (AvgIpc) is 2.84. The van der Waals surface area contributed by atoms with Crippen LogP contribution >= 0.6 is 0 Å². The van der Waals surface area contributed by atoms with Crippen LogP contribution in [-0.4, -0.2) is 23.2 Å². The van der Waals surface area contributed by atoms with Crippen LogP contribution < -0.4 is 4.74 Å².